The first-order chi connectivity index (χ1) is 8.20. The Morgan fingerprint density at radius 1 is 1.29 bits per heavy atom. The van der Waals surface area contributed by atoms with Crippen molar-refractivity contribution >= 4 is 17.5 Å². The molecule has 0 bridgehead atoms. The number of hydrogen-bond donors (Lipinski definition) is 1. The van der Waals surface area contributed by atoms with Gasteiger partial charge in [0.1, 0.15) is 11.4 Å². The summed E-state index contributed by atoms with van der Waals surface area (Å²) in [4.78, 5) is 4.15. The normalized spacial score (nSPS) is 10.6. The van der Waals surface area contributed by atoms with Crippen molar-refractivity contribution in [1.82, 2.24) is 13.7 Å². The molecule has 90 valence electrons. The molecule has 2 rings (SSSR count). The summed E-state index contributed by atoms with van der Waals surface area (Å²) in [6.45, 7) is 3.96. The van der Waals surface area contributed by atoms with Gasteiger partial charge in [-0.25, -0.2) is 0 Å². The fourth-order valence-corrected chi connectivity index (χ4v) is 2.00. The zero-order valence-electron chi connectivity index (χ0n) is 9.97. The number of nitrogens with one attached hydrogen (secondary N) is 1. The van der Waals surface area contributed by atoms with Crippen molar-refractivity contribution in [2.45, 2.75) is 20.0 Å². The molecule has 0 aliphatic heterocycles. The molecule has 5 nitrogen and oxygen atoms in total. The first-order valence-corrected chi connectivity index (χ1v) is 6.06. The third-order valence-electron chi connectivity index (χ3n) is 2.08. The predicted octanol–water partition coefficient (Wildman–Crippen LogP) is 2.43. The minimum atomic E-state index is 0.129. The second-order valence-electron chi connectivity index (χ2n) is 3.79. The maximum atomic E-state index is 5.60. The molecule has 0 aromatic carbocycles. The highest BCUT2D eigenvalue weighted by atomic mass is 32.1. The molecule has 2 heterocycles. The Morgan fingerprint density at radius 3 is 2.82 bits per heavy atom. The monoisotopic (exact) mass is 250 g/mol. The Hall–Kier alpha value is -1.69. The number of nitrogens with zero attached hydrogens (tertiary/aromatic N) is 3. The van der Waals surface area contributed by atoms with Crippen molar-refractivity contribution in [3.8, 4) is 17.0 Å². The van der Waals surface area contributed by atoms with Crippen molar-refractivity contribution in [1.29, 1.82) is 0 Å². The van der Waals surface area contributed by atoms with E-state index in [-0.39, 0.29) is 6.10 Å². The van der Waals surface area contributed by atoms with Gasteiger partial charge < -0.3 is 10.1 Å². The van der Waals surface area contributed by atoms with Gasteiger partial charge in [-0.15, -0.1) is 0 Å². The minimum Gasteiger partial charge on any atom is -0.489 e. The molecule has 6 heteroatoms. The summed E-state index contributed by atoms with van der Waals surface area (Å²) < 4.78 is 14.0. The fraction of sp³-hybridized carbons (Fsp3) is 0.364. The molecule has 0 amide bonds. The van der Waals surface area contributed by atoms with Crippen LogP contribution in [0.4, 0.5) is 5.82 Å². The van der Waals surface area contributed by atoms with E-state index in [9.17, 15) is 0 Å². The zero-order chi connectivity index (χ0) is 12.3. The maximum absolute atomic E-state index is 5.60. The van der Waals surface area contributed by atoms with E-state index < -0.39 is 0 Å². The standard InChI is InChI=1S/C11H14N4OS/c1-7(2)16-9-4-8(5-13-6-9)10-11(12-3)15-17-14-10/h4-7H,1-3H3,(H,12,15). The van der Waals surface area contributed by atoms with Crippen LogP contribution in [0, 0.1) is 0 Å². The third-order valence-corrected chi connectivity index (χ3v) is 2.61. The zero-order valence-corrected chi connectivity index (χ0v) is 10.8. The number of rotatable bonds is 4. The van der Waals surface area contributed by atoms with Crippen LogP contribution in [0.5, 0.6) is 5.75 Å². The molecule has 0 spiro atoms. The molecule has 0 atom stereocenters. The Labute approximate surface area is 104 Å². The number of ether oxygens (including phenoxy) is 1. The number of pyridine rings is 1. The van der Waals surface area contributed by atoms with Gasteiger partial charge in [0.25, 0.3) is 0 Å². The molecule has 0 saturated heterocycles. The second-order valence-corrected chi connectivity index (χ2v) is 4.32. The third kappa shape index (κ3) is 2.71. The van der Waals surface area contributed by atoms with E-state index in [0.29, 0.717) is 0 Å². The molecule has 0 saturated carbocycles. The lowest BCUT2D eigenvalue weighted by Gasteiger charge is -2.09. The summed E-state index contributed by atoms with van der Waals surface area (Å²) >= 11 is 1.17. The molecule has 2 aromatic heterocycles. The van der Waals surface area contributed by atoms with E-state index in [2.05, 4.69) is 19.0 Å². The summed E-state index contributed by atoms with van der Waals surface area (Å²) in [5.41, 5.74) is 1.71. The van der Waals surface area contributed by atoms with Crippen LogP contribution in [-0.4, -0.2) is 26.9 Å². The molecule has 2 aromatic rings. The highest BCUT2D eigenvalue weighted by molar-refractivity contribution is 6.99. The van der Waals surface area contributed by atoms with E-state index in [0.717, 1.165) is 22.8 Å². The van der Waals surface area contributed by atoms with Crippen LogP contribution >= 0.6 is 11.7 Å². The highest BCUT2D eigenvalue weighted by Gasteiger charge is 2.10. The molecule has 0 aliphatic carbocycles. The summed E-state index contributed by atoms with van der Waals surface area (Å²) in [7, 11) is 1.82. The average Bonchev–Trinajstić information content (AvgIpc) is 2.76. The van der Waals surface area contributed by atoms with E-state index in [1.807, 2.05) is 27.0 Å². The van der Waals surface area contributed by atoms with Crippen LogP contribution in [0.25, 0.3) is 11.3 Å². The van der Waals surface area contributed by atoms with Crippen LogP contribution in [-0.2, 0) is 0 Å². The molecule has 0 fully saturated rings. The van der Waals surface area contributed by atoms with Gasteiger partial charge in [0.2, 0.25) is 0 Å². The van der Waals surface area contributed by atoms with E-state index >= 15 is 0 Å². The van der Waals surface area contributed by atoms with Gasteiger partial charge in [0.05, 0.1) is 24.0 Å². The van der Waals surface area contributed by atoms with Crippen LogP contribution in [0.3, 0.4) is 0 Å². The Bertz CT molecular complexity index is 498. The van der Waals surface area contributed by atoms with Gasteiger partial charge >= 0.3 is 0 Å². The summed E-state index contributed by atoms with van der Waals surface area (Å²) in [6, 6.07) is 1.92. The van der Waals surface area contributed by atoms with E-state index in [1.54, 1.807) is 12.4 Å². The largest absolute Gasteiger partial charge is 0.489 e. The second kappa shape index (κ2) is 5.09. The van der Waals surface area contributed by atoms with Crippen molar-refractivity contribution in [2.24, 2.45) is 0 Å². The molecule has 17 heavy (non-hydrogen) atoms. The Balaban J connectivity index is 2.33. The van der Waals surface area contributed by atoms with Gasteiger partial charge in [-0.1, -0.05) is 0 Å². The van der Waals surface area contributed by atoms with Gasteiger partial charge in [-0.3, -0.25) is 4.98 Å². The molecule has 0 aliphatic rings. The smallest absolute Gasteiger partial charge is 0.167 e. The van der Waals surface area contributed by atoms with Crippen molar-refractivity contribution in [2.75, 3.05) is 12.4 Å². The van der Waals surface area contributed by atoms with Crippen LogP contribution in [0.15, 0.2) is 18.5 Å². The van der Waals surface area contributed by atoms with Gasteiger partial charge in [-0.05, 0) is 19.9 Å². The van der Waals surface area contributed by atoms with Crippen LogP contribution < -0.4 is 10.1 Å². The predicted molar refractivity (Wildman–Crippen MR) is 68.5 cm³/mol. The van der Waals surface area contributed by atoms with E-state index in [4.69, 9.17) is 4.74 Å². The summed E-state index contributed by atoms with van der Waals surface area (Å²) in [6.07, 6.45) is 3.58. The quantitative estimate of drug-likeness (QED) is 0.903. The maximum Gasteiger partial charge on any atom is 0.167 e. The highest BCUT2D eigenvalue weighted by Crippen LogP contribution is 2.27. The lowest BCUT2D eigenvalue weighted by atomic mass is 10.2. The Morgan fingerprint density at radius 2 is 2.12 bits per heavy atom. The number of anilines is 1. The Kier molecular flexibility index (Phi) is 3.53. The van der Waals surface area contributed by atoms with Crippen LogP contribution in [0.2, 0.25) is 0 Å². The average molecular weight is 250 g/mol. The van der Waals surface area contributed by atoms with E-state index in [1.165, 1.54) is 11.7 Å². The molecular weight excluding hydrogens is 236 g/mol. The van der Waals surface area contributed by atoms with Crippen molar-refractivity contribution in [3.05, 3.63) is 18.5 Å². The molecule has 0 unspecified atom stereocenters. The fourth-order valence-electron chi connectivity index (χ4n) is 1.43. The molecular formula is C11H14N4OS. The van der Waals surface area contributed by atoms with Gasteiger partial charge in [-0.2, -0.15) is 8.75 Å². The minimum absolute atomic E-state index is 0.129. The number of hydrogen-bond acceptors (Lipinski definition) is 6. The lowest BCUT2D eigenvalue weighted by molar-refractivity contribution is 0.241. The topological polar surface area (TPSA) is 59.9 Å². The van der Waals surface area contributed by atoms with Crippen molar-refractivity contribution in [3.63, 3.8) is 0 Å². The summed E-state index contributed by atoms with van der Waals surface area (Å²) in [5, 5.41) is 3.00. The molecule has 0 radical (unpaired) electrons. The van der Waals surface area contributed by atoms with Crippen molar-refractivity contribution < 1.29 is 4.74 Å². The SMILES string of the molecule is CNc1nsnc1-c1cncc(OC(C)C)c1. The molecule has 1 N–H and O–H groups in total. The lowest BCUT2D eigenvalue weighted by Crippen LogP contribution is -2.05. The summed E-state index contributed by atoms with van der Waals surface area (Å²) in [5.74, 6) is 1.51. The first-order valence-electron chi connectivity index (χ1n) is 5.33. The van der Waals surface area contributed by atoms with Gasteiger partial charge in [0.15, 0.2) is 5.82 Å². The first kappa shape index (κ1) is 11.8. The van der Waals surface area contributed by atoms with Crippen LogP contribution in [0.1, 0.15) is 13.8 Å². The number of aromatic nitrogens is 3. The van der Waals surface area contributed by atoms with Gasteiger partial charge in [0, 0.05) is 18.8 Å².